The Morgan fingerprint density at radius 3 is 2.96 bits per heavy atom. The fourth-order valence-corrected chi connectivity index (χ4v) is 4.06. The number of likely N-dealkylation sites (tertiary alicyclic amines) is 1. The molecule has 23 heavy (non-hydrogen) atoms. The van der Waals surface area contributed by atoms with Crippen LogP contribution < -0.4 is 0 Å². The van der Waals surface area contributed by atoms with E-state index in [1.54, 1.807) is 17.7 Å². The minimum atomic E-state index is -0.360. The van der Waals surface area contributed by atoms with Gasteiger partial charge in [-0.2, -0.15) is 5.10 Å². The van der Waals surface area contributed by atoms with Gasteiger partial charge in [-0.15, -0.1) is 11.3 Å². The van der Waals surface area contributed by atoms with Crippen LogP contribution >= 0.6 is 11.3 Å². The fourth-order valence-electron chi connectivity index (χ4n) is 3.34. The van der Waals surface area contributed by atoms with Crippen molar-refractivity contribution < 1.29 is 5.11 Å². The lowest BCUT2D eigenvalue weighted by atomic mass is 10.1. The van der Waals surface area contributed by atoms with Gasteiger partial charge in [0.15, 0.2) is 0 Å². The predicted octanol–water partition coefficient (Wildman–Crippen LogP) is 3.18. The van der Waals surface area contributed by atoms with Crippen LogP contribution in [0.15, 0.2) is 23.8 Å². The Bertz CT molecular complexity index is 617. The molecule has 5 nitrogen and oxygen atoms in total. The van der Waals surface area contributed by atoms with Gasteiger partial charge in [0, 0.05) is 10.9 Å². The van der Waals surface area contributed by atoms with Crippen molar-refractivity contribution in [3.63, 3.8) is 0 Å². The molecule has 0 aromatic carbocycles. The first-order valence-electron chi connectivity index (χ1n) is 8.30. The molecule has 0 spiro atoms. The summed E-state index contributed by atoms with van der Waals surface area (Å²) in [6, 6.07) is 4.43. The second-order valence-electron chi connectivity index (χ2n) is 7.29. The van der Waals surface area contributed by atoms with Gasteiger partial charge in [0.1, 0.15) is 12.2 Å². The molecule has 126 valence electrons. The van der Waals surface area contributed by atoms with Crippen LogP contribution in [0.1, 0.15) is 56.8 Å². The van der Waals surface area contributed by atoms with Crippen molar-refractivity contribution in [1.29, 1.82) is 0 Å². The Balaban J connectivity index is 1.67. The van der Waals surface area contributed by atoms with E-state index in [4.69, 9.17) is 0 Å². The van der Waals surface area contributed by atoms with Crippen molar-refractivity contribution in [3.8, 4) is 0 Å². The largest absolute Gasteiger partial charge is 0.388 e. The van der Waals surface area contributed by atoms with Gasteiger partial charge in [0.25, 0.3) is 0 Å². The number of aromatic nitrogens is 3. The molecule has 2 aromatic rings. The highest BCUT2D eigenvalue weighted by Crippen LogP contribution is 2.30. The smallest absolute Gasteiger partial charge is 0.141 e. The fraction of sp³-hybridized carbons (Fsp3) is 0.647. The zero-order chi connectivity index (χ0) is 16.4. The molecule has 1 saturated heterocycles. The first-order chi connectivity index (χ1) is 10.9. The molecule has 0 amide bonds. The lowest BCUT2D eigenvalue weighted by Gasteiger charge is -2.28. The summed E-state index contributed by atoms with van der Waals surface area (Å²) in [4.78, 5) is 7.97. The van der Waals surface area contributed by atoms with Gasteiger partial charge < -0.3 is 5.11 Å². The first-order valence-corrected chi connectivity index (χ1v) is 9.18. The van der Waals surface area contributed by atoms with E-state index in [-0.39, 0.29) is 11.6 Å². The molecule has 1 N–H and O–H groups in total. The number of aliphatic hydroxyl groups is 1. The summed E-state index contributed by atoms with van der Waals surface area (Å²) in [7, 11) is 0. The molecule has 6 heteroatoms. The molecule has 0 radical (unpaired) electrons. The number of nitrogens with zero attached hydrogens (tertiary/aromatic N) is 4. The van der Waals surface area contributed by atoms with Gasteiger partial charge >= 0.3 is 0 Å². The Morgan fingerprint density at radius 2 is 2.26 bits per heavy atom. The van der Waals surface area contributed by atoms with E-state index in [0.29, 0.717) is 6.04 Å². The van der Waals surface area contributed by atoms with Crippen LogP contribution in [0, 0.1) is 0 Å². The van der Waals surface area contributed by atoms with Gasteiger partial charge in [-0.3, -0.25) is 4.90 Å². The summed E-state index contributed by atoms with van der Waals surface area (Å²) < 4.78 is 2.01. The van der Waals surface area contributed by atoms with Gasteiger partial charge in [0.05, 0.1) is 18.2 Å². The number of rotatable bonds is 5. The highest BCUT2D eigenvalue weighted by Gasteiger charge is 2.29. The van der Waals surface area contributed by atoms with Crippen LogP contribution in [0.4, 0.5) is 0 Å². The highest BCUT2D eigenvalue weighted by atomic mass is 32.1. The van der Waals surface area contributed by atoms with Gasteiger partial charge in [-0.25, -0.2) is 9.67 Å². The Morgan fingerprint density at radius 1 is 1.43 bits per heavy atom. The Kier molecular flexibility index (Phi) is 4.85. The number of hydrogen-bond donors (Lipinski definition) is 1. The monoisotopic (exact) mass is 334 g/mol. The third-order valence-corrected chi connectivity index (χ3v) is 5.44. The van der Waals surface area contributed by atoms with E-state index in [2.05, 4.69) is 35.8 Å². The summed E-state index contributed by atoms with van der Waals surface area (Å²) >= 11 is 1.63. The summed E-state index contributed by atoms with van der Waals surface area (Å²) in [6.45, 7) is 8.31. The second-order valence-corrected chi connectivity index (χ2v) is 8.27. The third-order valence-electron chi connectivity index (χ3n) is 4.46. The van der Waals surface area contributed by atoms with E-state index in [9.17, 15) is 5.11 Å². The van der Waals surface area contributed by atoms with Crippen LogP contribution in [0.5, 0.6) is 0 Å². The summed E-state index contributed by atoms with van der Waals surface area (Å²) in [5.74, 6) is 1.01. The maximum absolute atomic E-state index is 10.4. The van der Waals surface area contributed by atoms with Crippen LogP contribution in [0.3, 0.4) is 0 Å². The van der Waals surface area contributed by atoms with Crippen LogP contribution in [-0.4, -0.2) is 37.4 Å². The molecule has 1 aliphatic heterocycles. The van der Waals surface area contributed by atoms with E-state index < -0.39 is 0 Å². The molecule has 0 aliphatic carbocycles. The molecular weight excluding hydrogens is 308 g/mol. The van der Waals surface area contributed by atoms with Crippen molar-refractivity contribution >= 4 is 11.3 Å². The predicted molar refractivity (Wildman–Crippen MR) is 92.3 cm³/mol. The Hall–Kier alpha value is -1.24. The quantitative estimate of drug-likeness (QED) is 0.912. The molecule has 2 aromatic heterocycles. The van der Waals surface area contributed by atoms with Gasteiger partial charge in [0.2, 0.25) is 0 Å². The lowest BCUT2D eigenvalue weighted by molar-refractivity contribution is 0.117. The lowest BCUT2D eigenvalue weighted by Crippen LogP contribution is -2.34. The molecule has 0 saturated carbocycles. The SMILES string of the molecule is CC(C)(C)n1ncnc1CN1CCCC1CC(O)c1cccs1. The molecule has 3 heterocycles. The molecule has 1 aliphatic rings. The van der Waals surface area contributed by atoms with Crippen molar-refractivity contribution in [2.24, 2.45) is 0 Å². The van der Waals surface area contributed by atoms with Gasteiger partial charge in [-0.05, 0) is 58.0 Å². The van der Waals surface area contributed by atoms with Gasteiger partial charge in [-0.1, -0.05) is 6.07 Å². The molecule has 1 fully saturated rings. The zero-order valence-corrected chi connectivity index (χ0v) is 15.0. The normalized spacial score (nSPS) is 21.0. The number of aliphatic hydroxyl groups excluding tert-OH is 1. The van der Waals surface area contributed by atoms with E-state index >= 15 is 0 Å². The maximum atomic E-state index is 10.4. The van der Waals surface area contributed by atoms with Crippen molar-refractivity contribution in [2.45, 2.75) is 64.3 Å². The number of thiophene rings is 1. The molecule has 0 bridgehead atoms. The third kappa shape index (κ3) is 3.82. The van der Waals surface area contributed by atoms with Crippen molar-refractivity contribution in [3.05, 3.63) is 34.5 Å². The number of hydrogen-bond acceptors (Lipinski definition) is 5. The Labute approximate surface area is 142 Å². The van der Waals surface area contributed by atoms with Crippen LogP contribution in [0.2, 0.25) is 0 Å². The molecular formula is C17H26N4OS. The zero-order valence-electron chi connectivity index (χ0n) is 14.1. The van der Waals surface area contributed by atoms with Crippen molar-refractivity contribution in [2.75, 3.05) is 6.54 Å². The average molecular weight is 334 g/mol. The molecule has 3 rings (SSSR count). The van der Waals surface area contributed by atoms with Crippen molar-refractivity contribution in [1.82, 2.24) is 19.7 Å². The van der Waals surface area contributed by atoms with Crippen LogP contribution in [0.25, 0.3) is 0 Å². The molecule has 2 unspecified atom stereocenters. The average Bonchev–Trinajstić information content (AvgIpc) is 3.19. The first kappa shape index (κ1) is 16.6. The standard InChI is InChI=1S/C17H26N4OS/c1-17(2,3)21-16(18-12-19-21)11-20-8-4-6-13(20)10-14(22)15-7-5-9-23-15/h5,7,9,12-14,22H,4,6,8,10-11H2,1-3H3. The van der Waals surface area contributed by atoms with E-state index in [1.165, 1.54) is 6.42 Å². The summed E-state index contributed by atoms with van der Waals surface area (Å²) in [6.07, 6.45) is 4.41. The highest BCUT2D eigenvalue weighted by molar-refractivity contribution is 7.10. The van der Waals surface area contributed by atoms with Crippen LogP contribution in [-0.2, 0) is 12.1 Å². The molecule has 2 atom stereocenters. The topological polar surface area (TPSA) is 54.2 Å². The second kappa shape index (κ2) is 6.71. The minimum Gasteiger partial charge on any atom is -0.388 e. The summed E-state index contributed by atoms with van der Waals surface area (Å²) in [5, 5.41) is 16.9. The minimum absolute atomic E-state index is 0.0580. The maximum Gasteiger partial charge on any atom is 0.141 e. The van der Waals surface area contributed by atoms with E-state index in [1.807, 2.05) is 22.2 Å². The van der Waals surface area contributed by atoms with E-state index in [0.717, 1.165) is 36.6 Å². The summed E-state index contributed by atoms with van der Waals surface area (Å²) in [5.41, 5.74) is -0.0580.